The van der Waals surface area contributed by atoms with E-state index in [1.807, 2.05) is 0 Å². The summed E-state index contributed by atoms with van der Waals surface area (Å²) >= 11 is 0. The quantitative estimate of drug-likeness (QED) is 0.695. The Labute approximate surface area is 99.3 Å². The van der Waals surface area contributed by atoms with Crippen LogP contribution in [0.1, 0.15) is 17.9 Å². The van der Waals surface area contributed by atoms with Crippen LogP contribution in [0.5, 0.6) is 0 Å². The van der Waals surface area contributed by atoms with E-state index in [4.69, 9.17) is 15.5 Å². The van der Waals surface area contributed by atoms with Crippen molar-refractivity contribution in [2.24, 2.45) is 0 Å². The van der Waals surface area contributed by atoms with Crippen LogP contribution in [-0.4, -0.2) is 29.3 Å². The molecule has 3 N–H and O–H groups in total. The molecule has 0 spiro atoms. The van der Waals surface area contributed by atoms with E-state index in [1.54, 1.807) is 30.3 Å². The lowest BCUT2D eigenvalue weighted by atomic mass is 10.0. The monoisotopic (exact) mass is 234 g/mol. The summed E-state index contributed by atoms with van der Waals surface area (Å²) in [4.78, 5) is 11.1. The molecule has 0 saturated carbocycles. The molecule has 0 heterocycles. The second kappa shape index (κ2) is 6.63. The van der Waals surface area contributed by atoms with Gasteiger partial charge in [-0.05, 0) is 17.7 Å². The SMILES string of the molecule is N#CCC(=O)Nc1ccc(C(CO)CO)cc1. The molecule has 1 aromatic carbocycles. The van der Waals surface area contributed by atoms with Crippen molar-refractivity contribution >= 4 is 11.6 Å². The maximum Gasteiger partial charge on any atom is 0.238 e. The van der Waals surface area contributed by atoms with E-state index in [9.17, 15) is 4.79 Å². The van der Waals surface area contributed by atoms with Crippen LogP contribution in [0.25, 0.3) is 0 Å². The number of rotatable bonds is 5. The fourth-order valence-electron chi connectivity index (χ4n) is 1.38. The highest BCUT2D eigenvalue weighted by Gasteiger charge is 2.09. The predicted octanol–water partition coefficient (Wildman–Crippen LogP) is 0.607. The van der Waals surface area contributed by atoms with Gasteiger partial charge in [-0.15, -0.1) is 0 Å². The molecule has 0 aromatic heterocycles. The van der Waals surface area contributed by atoms with Gasteiger partial charge in [0.1, 0.15) is 6.42 Å². The molecule has 1 rings (SSSR count). The smallest absolute Gasteiger partial charge is 0.238 e. The van der Waals surface area contributed by atoms with Gasteiger partial charge in [0, 0.05) is 11.6 Å². The average molecular weight is 234 g/mol. The van der Waals surface area contributed by atoms with Crippen LogP contribution in [0, 0.1) is 11.3 Å². The third-order valence-electron chi connectivity index (χ3n) is 2.35. The van der Waals surface area contributed by atoms with Crippen molar-refractivity contribution in [2.75, 3.05) is 18.5 Å². The Bertz CT molecular complexity index is 405. The van der Waals surface area contributed by atoms with Crippen LogP contribution in [0.4, 0.5) is 5.69 Å². The third-order valence-corrected chi connectivity index (χ3v) is 2.35. The van der Waals surface area contributed by atoms with Crippen LogP contribution in [0.3, 0.4) is 0 Å². The highest BCUT2D eigenvalue weighted by atomic mass is 16.3. The van der Waals surface area contributed by atoms with Crippen LogP contribution >= 0.6 is 0 Å². The Balaban J connectivity index is 2.68. The average Bonchev–Trinajstić information content (AvgIpc) is 2.33. The zero-order valence-corrected chi connectivity index (χ0v) is 9.26. The number of benzene rings is 1. The molecule has 0 aliphatic carbocycles. The van der Waals surface area contributed by atoms with Crippen LogP contribution < -0.4 is 5.32 Å². The van der Waals surface area contributed by atoms with E-state index >= 15 is 0 Å². The number of carbonyl (C=O) groups excluding carboxylic acids is 1. The summed E-state index contributed by atoms with van der Waals surface area (Å²) in [7, 11) is 0. The molecule has 0 aliphatic heterocycles. The topological polar surface area (TPSA) is 93.4 Å². The molecule has 0 atom stereocenters. The molecule has 0 bridgehead atoms. The number of nitrogens with zero attached hydrogens (tertiary/aromatic N) is 1. The minimum atomic E-state index is -0.360. The first-order valence-electron chi connectivity index (χ1n) is 5.19. The van der Waals surface area contributed by atoms with Gasteiger partial charge in [0.05, 0.1) is 19.3 Å². The van der Waals surface area contributed by atoms with Crippen molar-refractivity contribution < 1.29 is 15.0 Å². The zero-order valence-electron chi connectivity index (χ0n) is 9.26. The standard InChI is InChI=1S/C12H14N2O3/c13-6-5-12(17)14-11-3-1-9(2-4-11)10(7-15)8-16/h1-4,10,15-16H,5,7-8H2,(H,14,17). The van der Waals surface area contributed by atoms with E-state index in [-0.39, 0.29) is 31.5 Å². The molecule has 5 heteroatoms. The maximum absolute atomic E-state index is 11.1. The molecule has 0 radical (unpaired) electrons. The number of hydrogen-bond acceptors (Lipinski definition) is 4. The number of anilines is 1. The second-order valence-corrected chi connectivity index (χ2v) is 3.57. The molecule has 0 fully saturated rings. The van der Waals surface area contributed by atoms with Crippen LogP contribution in [0.2, 0.25) is 0 Å². The summed E-state index contributed by atoms with van der Waals surface area (Å²) in [6, 6.07) is 8.54. The summed E-state index contributed by atoms with van der Waals surface area (Å²) in [5.74, 6) is -0.667. The van der Waals surface area contributed by atoms with Crippen molar-refractivity contribution in [3.05, 3.63) is 29.8 Å². The van der Waals surface area contributed by atoms with Gasteiger partial charge in [0.25, 0.3) is 0 Å². The molecule has 1 amide bonds. The van der Waals surface area contributed by atoms with Gasteiger partial charge in [0.15, 0.2) is 0 Å². The van der Waals surface area contributed by atoms with E-state index in [0.29, 0.717) is 5.69 Å². The van der Waals surface area contributed by atoms with Gasteiger partial charge in [-0.1, -0.05) is 12.1 Å². The Morgan fingerprint density at radius 3 is 2.35 bits per heavy atom. The number of amides is 1. The van der Waals surface area contributed by atoms with E-state index in [1.165, 1.54) is 0 Å². The van der Waals surface area contributed by atoms with Gasteiger partial charge in [0.2, 0.25) is 5.91 Å². The van der Waals surface area contributed by atoms with Crippen LogP contribution in [0.15, 0.2) is 24.3 Å². The molecule has 5 nitrogen and oxygen atoms in total. The first-order valence-corrected chi connectivity index (χ1v) is 5.19. The van der Waals surface area contributed by atoms with Gasteiger partial charge in [-0.25, -0.2) is 0 Å². The fourth-order valence-corrected chi connectivity index (χ4v) is 1.38. The van der Waals surface area contributed by atoms with Crippen molar-refractivity contribution in [2.45, 2.75) is 12.3 Å². The zero-order chi connectivity index (χ0) is 12.7. The van der Waals surface area contributed by atoms with Gasteiger partial charge in [-0.3, -0.25) is 4.79 Å². The molecule has 0 aliphatic rings. The predicted molar refractivity (Wildman–Crippen MR) is 62.2 cm³/mol. The second-order valence-electron chi connectivity index (χ2n) is 3.57. The Morgan fingerprint density at radius 2 is 1.88 bits per heavy atom. The molecule has 0 saturated heterocycles. The van der Waals surface area contributed by atoms with E-state index in [0.717, 1.165) is 5.56 Å². The van der Waals surface area contributed by atoms with Crippen molar-refractivity contribution in [3.8, 4) is 6.07 Å². The third kappa shape index (κ3) is 3.87. The van der Waals surface area contributed by atoms with Gasteiger partial charge in [-0.2, -0.15) is 5.26 Å². The fraction of sp³-hybridized carbons (Fsp3) is 0.333. The van der Waals surface area contributed by atoms with Crippen molar-refractivity contribution in [1.29, 1.82) is 5.26 Å². The van der Waals surface area contributed by atoms with Crippen molar-refractivity contribution in [1.82, 2.24) is 0 Å². The number of hydrogen-bond donors (Lipinski definition) is 3. The largest absolute Gasteiger partial charge is 0.396 e. The molecular weight excluding hydrogens is 220 g/mol. The Kier molecular flexibility index (Phi) is 5.14. The molecule has 17 heavy (non-hydrogen) atoms. The summed E-state index contributed by atoms with van der Waals surface area (Å²) in [5, 5.41) is 28.9. The maximum atomic E-state index is 11.1. The van der Waals surface area contributed by atoms with E-state index in [2.05, 4.69) is 5.32 Å². The molecule has 90 valence electrons. The summed E-state index contributed by atoms with van der Waals surface area (Å²) in [6.07, 6.45) is -0.183. The summed E-state index contributed by atoms with van der Waals surface area (Å²) in [6.45, 7) is -0.257. The van der Waals surface area contributed by atoms with E-state index < -0.39 is 0 Å². The summed E-state index contributed by atoms with van der Waals surface area (Å²) in [5.41, 5.74) is 1.39. The summed E-state index contributed by atoms with van der Waals surface area (Å²) < 4.78 is 0. The lowest BCUT2D eigenvalue weighted by molar-refractivity contribution is -0.115. The number of nitriles is 1. The number of aliphatic hydroxyl groups is 2. The Morgan fingerprint density at radius 1 is 1.29 bits per heavy atom. The number of carbonyl (C=O) groups is 1. The molecule has 1 aromatic rings. The first kappa shape index (κ1) is 13.2. The van der Waals surface area contributed by atoms with Crippen molar-refractivity contribution in [3.63, 3.8) is 0 Å². The Hall–Kier alpha value is -1.90. The lowest BCUT2D eigenvalue weighted by Gasteiger charge is -2.11. The molecule has 0 unspecified atom stereocenters. The normalized spacial score (nSPS) is 10.0. The number of aliphatic hydroxyl groups excluding tert-OH is 2. The number of nitrogens with one attached hydrogen (secondary N) is 1. The first-order chi connectivity index (χ1) is 8.21. The highest BCUT2D eigenvalue weighted by Crippen LogP contribution is 2.17. The van der Waals surface area contributed by atoms with Gasteiger partial charge < -0.3 is 15.5 Å². The highest BCUT2D eigenvalue weighted by molar-refractivity contribution is 5.91. The van der Waals surface area contributed by atoms with Gasteiger partial charge >= 0.3 is 0 Å². The lowest BCUT2D eigenvalue weighted by Crippen LogP contribution is -2.11. The minimum absolute atomic E-state index is 0.128. The molecular formula is C12H14N2O3. The van der Waals surface area contributed by atoms with Crippen LogP contribution in [-0.2, 0) is 4.79 Å². The minimum Gasteiger partial charge on any atom is -0.396 e.